The van der Waals surface area contributed by atoms with E-state index < -0.39 is 0 Å². The van der Waals surface area contributed by atoms with E-state index >= 15 is 0 Å². The molecule has 0 aliphatic carbocycles. The molecule has 3 aromatic rings. The topological polar surface area (TPSA) is 85.8 Å². The van der Waals surface area contributed by atoms with Crippen molar-refractivity contribution >= 4 is 22.5 Å². The lowest BCUT2D eigenvalue weighted by molar-refractivity contribution is 0.926. The molecule has 0 atom stereocenters. The molecule has 0 amide bonds. The highest BCUT2D eigenvalue weighted by molar-refractivity contribution is 5.79. The first kappa shape index (κ1) is 11.2. The Kier molecular flexibility index (Phi) is 2.60. The number of nitrogens with two attached hydrogens (primary N) is 1. The van der Waals surface area contributed by atoms with Crippen molar-refractivity contribution in [2.45, 2.75) is 0 Å². The number of hydrogen-bond acceptors (Lipinski definition) is 5. The largest absolute Gasteiger partial charge is 0.333 e. The molecule has 2 heterocycles. The Balaban J connectivity index is 2.14. The predicted octanol–water partition coefficient (Wildman–Crippen LogP) is 1.25. The highest BCUT2D eigenvalue weighted by Gasteiger charge is 2.08. The van der Waals surface area contributed by atoms with E-state index in [4.69, 9.17) is 5.84 Å². The number of nitrogens with zero attached hydrogens (tertiary/aromatic N) is 3. The minimum Gasteiger partial charge on any atom is -0.333 e. The third-order valence-corrected chi connectivity index (χ3v) is 2.73. The number of benzene rings is 1. The van der Waals surface area contributed by atoms with E-state index in [0.29, 0.717) is 16.6 Å². The van der Waals surface area contributed by atoms with Gasteiger partial charge in [0.1, 0.15) is 0 Å². The van der Waals surface area contributed by atoms with Gasteiger partial charge in [-0.15, -0.1) is 0 Å². The standard InChI is InChI=1S/C13H11N5O/c14-18-12(19)10-5-1-2-6-11(10)17-13(18)16-9-4-3-7-15-8-9/h1-8H,14H2,(H,16,17). The summed E-state index contributed by atoms with van der Waals surface area (Å²) in [6.07, 6.45) is 3.29. The molecule has 1 aromatic carbocycles. The van der Waals surface area contributed by atoms with Gasteiger partial charge in [0.05, 0.1) is 22.8 Å². The van der Waals surface area contributed by atoms with Gasteiger partial charge in [-0.2, -0.15) is 4.68 Å². The molecule has 0 saturated heterocycles. The number of aromatic nitrogens is 3. The maximum absolute atomic E-state index is 12.1. The first-order valence-electron chi connectivity index (χ1n) is 5.69. The molecule has 0 fully saturated rings. The van der Waals surface area contributed by atoms with Gasteiger partial charge in [-0.25, -0.2) is 4.98 Å². The van der Waals surface area contributed by atoms with Gasteiger partial charge in [-0.3, -0.25) is 9.78 Å². The third kappa shape index (κ3) is 1.99. The molecular weight excluding hydrogens is 242 g/mol. The van der Waals surface area contributed by atoms with Crippen LogP contribution in [0.3, 0.4) is 0 Å². The summed E-state index contributed by atoms with van der Waals surface area (Å²) in [4.78, 5) is 20.4. The predicted molar refractivity (Wildman–Crippen MR) is 73.7 cm³/mol. The molecule has 2 aromatic heterocycles. The van der Waals surface area contributed by atoms with Crippen LogP contribution in [-0.2, 0) is 0 Å². The molecular formula is C13H11N5O. The number of anilines is 2. The SMILES string of the molecule is Nn1c(Nc2cccnc2)nc2ccccc2c1=O. The van der Waals surface area contributed by atoms with Crippen LogP contribution in [-0.4, -0.2) is 14.6 Å². The van der Waals surface area contributed by atoms with Gasteiger partial charge in [-0.05, 0) is 24.3 Å². The number of nitrogen functional groups attached to an aromatic ring is 1. The lowest BCUT2D eigenvalue weighted by Gasteiger charge is -2.10. The summed E-state index contributed by atoms with van der Waals surface area (Å²) < 4.78 is 0.995. The van der Waals surface area contributed by atoms with E-state index in [1.165, 1.54) is 0 Å². The molecule has 6 nitrogen and oxygen atoms in total. The Bertz CT molecular complexity index is 782. The van der Waals surface area contributed by atoms with Gasteiger partial charge < -0.3 is 11.2 Å². The van der Waals surface area contributed by atoms with E-state index in [1.807, 2.05) is 12.1 Å². The zero-order valence-corrected chi connectivity index (χ0v) is 9.95. The van der Waals surface area contributed by atoms with E-state index in [1.54, 1.807) is 36.7 Å². The van der Waals surface area contributed by atoms with Gasteiger partial charge >= 0.3 is 0 Å². The number of fused-ring (bicyclic) bond motifs is 1. The Morgan fingerprint density at radius 1 is 1.16 bits per heavy atom. The molecule has 19 heavy (non-hydrogen) atoms. The van der Waals surface area contributed by atoms with Gasteiger partial charge in [-0.1, -0.05) is 12.1 Å². The van der Waals surface area contributed by atoms with Crippen LogP contribution in [0.15, 0.2) is 53.6 Å². The van der Waals surface area contributed by atoms with Crippen LogP contribution >= 0.6 is 0 Å². The second-order valence-electron chi connectivity index (χ2n) is 3.99. The Labute approximate surface area is 108 Å². The average molecular weight is 253 g/mol. The lowest BCUT2D eigenvalue weighted by atomic mass is 10.2. The first-order chi connectivity index (χ1) is 9.25. The second-order valence-corrected chi connectivity index (χ2v) is 3.99. The number of rotatable bonds is 2. The normalized spacial score (nSPS) is 10.5. The molecule has 0 saturated carbocycles. The minimum atomic E-state index is -0.294. The second kappa shape index (κ2) is 4.41. The molecule has 0 unspecified atom stereocenters. The first-order valence-corrected chi connectivity index (χ1v) is 5.69. The zero-order valence-electron chi connectivity index (χ0n) is 9.95. The fourth-order valence-electron chi connectivity index (χ4n) is 1.80. The lowest BCUT2D eigenvalue weighted by Crippen LogP contribution is -2.30. The van der Waals surface area contributed by atoms with E-state index in [-0.39, 0.29) is 11.5 Å². The fraction of sp³-hybridized carbons (Fsp3) is 0. The van der Waals surface area contributed by atoms with Gasteiger partial charge in [0.15, 0.2) is 0 Å². The molecule has 0 spiro atoms. The maximum Gasteiger partial charge on any atom is 0.281 e. The summed E-state index contributed by atoms with van der Waals surface area (Å²) in [5.41, 5.74) is 1.02. The van der Waals surface area contributed by atoms with Crippen molar-refractivity contribution in [1.82, 2.24) is 14.6 Å². The molecule has 0 bridgehead atoms. The molecule has 0 aliphatic rings. The van der Waals surface area contributed by atoms with Crippen molar-refractivity contribution < 1.29 is 0 Å². The molecule has 0 aliphatic heterocycles. The highest BCUT2D eigenvalue weighted by atomic mass is 16.1. The minimum absolute atomic E-state index is 0.275. The van der Waals surface area contributed by atoms with Crippen molar-refractivity contribution in [3.63, 3.8) is 0 Å². The van der Waals surface area contributed by atoms with Crippen LogP contribution in [0, 0.1) is 0 Å². The fourth-order valence-corrected chi connectivity index (χ4v) is 1.80. The van der Waals surface area contributed by atoms with Crippen molar-refractivity contribution in [2.24, 2.45) is 0 Å². The van der Waals surface area contributed by atoms with E-state index in [0.717, 1.165) is 4.68 Å². The van der Waals surface area contributed by atoms with Crippen molar-refractivity contribution in [3.05, 3.63) is 59.1 Å². The number of nitrogens with one attached hydrogen (secondary N) is 1. The van der Waals surface area contributed by atoms with Crippen LogP contribution in [0.25, 0.3) is 10.9 Å². The zero-order chi connectivity index (χ0) is 13.2. The Hall–Kier alpha value is -2.89. The van der Waals surface area contributed by atoms with Gasteiger partial charge in [0.25, 0.3) is 5.56 Å². The molecule has 0 radical (unpaired) electrons. The van der Waals surface area contributed by atoms with E-state index in [2.05, 4.69) is 15.3 Å². The van der Waals surface area contributed by atoms with Crippen LogP contribution in [0.1, 0.15) is 0 Å². The molecule has 3 rings (SSSR count). The van der Waals surface area contributed by atoms with E-state index in [9.17, 15) is 4.79 Å². The van der Waals surface area contributed by atoms with Crippen LogP contribution in [0.5, 0.6) is 0 Å². The Morgan fingerprint density at radius 2 is 2.00 bits per heavy atom. The molecule has 94 valence electrons. The monoisotopic (exact) mass is 253 g/mol. The molecule has 3 N–H and O–H groups in total. The highest BCUT2D eigenvalue weighted by Crippen LogP contribution is 2.13. The number of pyridine rings is 1. The van der Waals surface area contributed by atoms with Gasteiger partial charge in [0, 0.05) is 6.20 Å². The van der Waals surface area contributed by atoms with Gasteiger partial charge in [0.2, 0.25) is 5.95 Å². The average Bonchev–Trinajstić information content (AvgIpc) is 2.46. The third-order valence-electron chi connectivity index (χ3n) is 2.73. The molecule has 6 heteroatoms. The Morgan fingerprint density at radius 3 is 2.79 bits per heavy atom. The number of para-hydroxylation sites is 1. The quantitative estimate of drug-likeness (QED) is 0.671. The summed E-state index contributed by atoms with van der Waals surface area (Å²) in [5, 5.41) is 3.46. The van der Waals surface area contributed by atoms with Crippen molar-refractivity contribution in [3.8, 4) is 0 Å². The summed E-state index contributed by atoms with van der Waals surface area (Å²) >= 11 is 0. The summed E-state index contributed by atoms with van der Waals surface area (Å²) in [7, 11) is 0. The summed E-state index contributed by atoms with van der Waals surface area (Å²) in [6, 6.07) is 10.7. The van der Waals surface area contributed by atoms with Crippen LogP contribution < -0.4 is 16.7 Å². The number of hydrogen-bond donors (Lipinski definition) is 2. The smallest absolute Gasteiger partial charge is 0.281 e. The summed E-state index contributed by atoms with van der Waals surface area (Å²) in [5.74, 6) is 6.03. The van der Waals surface area contributed by atoms with Crippen molar-refractivity contribution in [1.29, 1.82) is 0 Å². The summed E-state index contributed by atoms with van der Waals surface area (Å²) in [6.45, 7) is 0. The van der Waals surface area contributed by atoms with Crippen LogP contribution in [0.2, 0.25) is 0 Å². The maximum atomic E-state index is 12.1. The van der Waals surface area contributed by atoms with Crippen LogP contribution in [0.4, 0.5) is 11.6 Å². The van der Waals surface area contributed by atoms with Crippen molar-refractivity contribution in [2.75, 3.05) is 11.2 Å².